The van der Waals surface area contributed by atoms with Crippen LogP contribution in [-0.2, 0) is 32.0 Å². The summed E-state index contributed by atoms with van der Waals surface area (Å²) in [5.74, 6) is -1.14. The summed E-state index contributed by atoms with van der Waals surface area (Å²) in [5.41, 5.74) is 15.4. The summed E-state index contributed by atoms with van der Waals surface area (Å²) in [5, 5.41) is 2.71. The number of ether oxygens (including phenoxy) is 2. The second-order valence-electron chi connectivity index (χ2n) is 8.53. The fourth-order valence-corrected chi connectivity index (χ4v) is 4.22. The number of esters is 2. The molecule has 13 heteroatoms. The van der Waals surface area contributed by atoms with E-state index in [0.717, 1.165) is 24.2 Å². The third-order valence-electron chi connectivity index (χ3n) is 6.08. The van der Waals surface area contributed by atoms with E-state index < -0.39 is 17.9 Å². The number of hydrogen-bond acceptors (Lipinski definition) is 12. The summed E-state index contributed by atoms with van der Waals surface area (Å²) < 4.78 is 9.43. The first-order chi connectivity index (χ1) is 17.8. The minimum absolute atomic E-state index is 0.0412. The molecule has 4 rings (SSSR count). The van der Waals surface area contributed by atoms with Crippen LogP contribution in [0.2, 0.25) is 0 Å². The number of methoxy groups -OCH3 is 2. The molecule has 194 valence electrons. The van der Waals surface area contributed by atoms with E-state index in [9.17, 15) is 14.4 Å². The molecule has 0 fully saturated rings. The van der Waals surface area contributed by atoms with Crippen LogP contribution in [0.3, 0.4) is 0 Å². The maximum Gasteiger partial charge on any atom is 0.328 e. The second kappa shape index (κ2) is 11.0. The summed E-state index contributed by atoms with van der Waals surface area (Å²) in [6.45, 7) is 1.21. The Hall–Kier alpha value is -4.55. The SMILES string of the molecule is COC(=O)CCC[C@H](NC(=O)c1ccc2c(c1)CCN2Cc1cnc2nc(N)nc(N)c2n1)C(=O)OC. The molecule has 0 saturated heterocycles. The quantitative estimate of drug-likeness (QED) is 0.345. The normalized spacial score (nSPS) is 13.2. The van der Waals surface area contributed by atoms with Crippen LogP contribution in [0.4, 0.5) is 17.5 Å². The molecule has 3 aromatic rings. The number of nitrogen functional groups attached to an aromatic ring is 2. The van der Waals surface area contributed by atoms with E-state index in [2.05, 4.69) is 34.9 Å². The summed E-state index contributed by atoms with van der Waals surface area (Å²) in [4.78, 5) is 55.4. The monoisotopic (exact) mass is 508 g/mol. The number of nitrogens with two attached hydrogens (primary N) is 2. The molecule has 3 heterocycles. The highest BCUT2D eigenvalue weighted by Gasteiger charge is 2.25. The zero-order valence-electron chi connectivity index (χ0n) is 20.6. The van der Waals surface area contributed by atoms with Gasteiger partial charge < -0.3 is 31.2 Å². The number of hydrogen-bond donors (Lipinski definition) is 3. The number of nitrogens with zero attached hydrogens (tertiary/aromatic N) is 5. The largest absolute Gasteiger partial charge is 0.469 e. The van der Waals surface area contributed by atoms with Gasteiger partial charge in [-0.2, -0.15) is 9.97 Å². The van der Waals surface area contributed by atoms with E-state index >= 15 is 0 Å². The maximum absolute atomic E-state index is 12.9. The van der Waals surface area contributed by atoms with Crippen LogP contribution in [0.15, 0.2) is 24.4 Å². The number of aromatic nitrogens is 4. The molecule has 0 radical (unpaired) electrons. The number of amides is 1. The van der Waals surface area contributed by atoms with Gasteiger partial charge in [-0.25, -0.2) is 14.8 Å². The first-order valence-electron chi connectivity index (χ1n) is 11.7. The molecule has 1 aliphatic heterocycles. The predicted molar refractivity (Wildman–Crippen MR) is 134 cm³/mol. The van der Waals surface area contributed by atoms with E-state index in [1.807, 2.05) is 12.1 Å². The number of benzene rings is 1. The van der Waals surface area contributed by atoms with Crippen LogP contribution in [0.1, 0.15) is 40.9 Å². The lowest BCUT2D eigenvalue weighted by molar-refractivity contribution is -0.144. The van der Waals surface area contributed by atoms with Crippen LogP contribution in [0.5, 0.6) is 0 Å². The van der Waals surface area contributed by atoms with E-state index in [4.69, 9.17) is 16.2 Å². The van der Waals surface area contributed by atoms with Crippen molar-refractivity contribution >= 4 is 46.5 Å². The van der Waals surface area contributed by atoms with Crippen molar-refractivity contribution in [2.45, 2.75) is 38.3 Å². The number of anilines is 3. The highest BCUT2D eigenvalue weighted by molar-refractivity contribution is 5.97. The van der Waals surface area contributed by atoms with Crippen molar-refractivity contribution in [2.24, 2.45) is 0 Å². The van der Waals surface area contributed by atoms with Gasteiger partial charge in [0, 0.05) is 24.2 Å². The van der Waals surface area contributed by atoms with Gasteiger partial charge in [-0.05, 0) is 43.0 Å². The molecule has 1 amide bonds. The molecule has 0 spiro atoms. The number of carbonyl (C=O) groups is 3. The Kier molecular flexibility index (Phi) is 7.60. The Morgan fingerprint density at radius 2 is 1.95 bits per heavy atom. The van der Waals surface area contributed by atoms with Gasteiger partial charge in [0.15, 0.2) is 17.0 Å². The third kappa shape index (κ3) is 5.82. The van der Waals surface area contributed by atoms with Crippen molar-refractivity contribution in [3.8, 4) is 0 Å². The first kappa shape index (κ1) is 25.5. The Balaban J connectivity index is 1.44. The lowest BCUT2D eigenvalue weighted by Gasteiger charge is -2.19. The van der Waals surface area contributed by atoms with Crippen LogP contribution in [0, 0.1) is 0 Å². The number of carbonyl (C=O) groups excluding carboxylic acids is 3. The molecule has 0 unspecified atom stereocenters. The zero-order valence-corrected chi connectivity index (χ0v) is 20.6. The average molecular weight is 509 g/mol. The lowest BCUT2D eigenvalue weighted by atomic mass is 10.1. The Morgan fingerprint density at radius 3 is 2.70 bits per heavy atom. The fourth-order valence-electron chi connectivity index (χ4n) is 4.22. The topological polar surface area (TPSA) is 189 Å². The van der Waals surface area contributed by atoms with Crippen molar-refractivity contribution in [2.75, 3.05) is 37.1 Å². The zero-order chi connectivity index (χ0) is 26.5. The molecular formula is C24H28N8O5. The first-order valence-corrected chi connectivity index (χ1v) is 11.7. The van der Waals surface area contributed by atoms with E-state index in [1.165, 1.54) is 14.2 Å². The van der Waals surface area contributed by atoms with Gasteiger partial charge in [0.1, 0.15) is 6.04 Å². The summed E-state index contributed by atoms with van der Waals surface area (Å²) in [6, 6.07) is 4.52. The Labute approximate surface area is 212 Å². The smallest absolute Gasteiger partial charge is 0.328 e. The summed E-state index contributed by atoms with van der Waals surface area (Å²) in [6.07, 6.45) is 3.12. The molecular weight excluding hydrogens is 480 g/mol. The molecule has 0 bridgehead atoms. The maximum atomic E-state index is 12.9. The van der Waals surface area contributed by atoms with Gasteiger partial charge in [-0.15, -0.1) is 0 Å². The molecule has 37 heavy (non-hydrogen) atoms. The van der Waals surface area contributed by atoms with E-state index in [0.29, 0.717) is 35.4 Å². The van der Waals surface area contributed by atoms with Crippen LogP contribution < -0.4 is 21.7 Å². The molecule has 1 aliphatic rings. The minimum Gasteiger partial charge on any atom is -0.469 e. The number of fused-ring (bicyclic) bond motifs is 2. The molecule has 1 atom stereocenters. The number of nitrogens with one attached hydrogen (secondary N) is 1. The van der Waals surface area contributed by atoms with Gasteiger partial charge in [-0.3, -0.25) is 9.59 Å². The lowest BCUT2D eigenvalue weighted by Crippen LogP contribution is -2.41. The van der Waals surface area contributed by atoms with Crippen molar-refractivity contribution in [3.05, 3.63) is 41.2 Å². The van der Waals surface area contributed by atoms with Gasteiger partial charge in [0.2, 0.25) is 5.95 Å². The fraction of sp³-hybridized carbons (Fsp3) is 0.375. The van der Waals surface area contributed by atoms with Gasteiger partial charge in [-0.1, -0.05) is 0 Å². The Morgan fingerprint density at radius 1 is 1.14 bits per heavy atom. The second-order valence-corrected chi connectivity index (χ2v) is 8.53. The van der Waals surface area contributed by atoms with E-state index in [-0.39, 0.29) is 30.6 Å². The van der Waals surface area contributed by atoms with Crippen LogP contribution in [0.25, 0.3) is 11.2 Å². The Bertz CT molecular complexity index is 1350. The highest BCUT2D eigenvalue weighted by Crippen LogP contribution is 2.30. The average Bonchev–Trinajstić information content (AvgIpc) is 3.29. The van der Waals surface area contributed by atoms with Crippen molar-refractivity contribution in [1.82, 2.24) is 25.3 Å². The van der Waals surface area contributed by atoms with Gasteiger partial charge in [0.05, 0.1) is 32.7 Å². The third-order valence-corrected chi connectivity index (χ3v) is 6.08. The molecule has 13 nitrogen and oxygen atoms in total. The summed E-state index contributed by atoms with van der Waals surface area (Å²) in [7, 11) is 2.55. The summed E-state index contributed by atoms with van der Waals surface area (Å²) >= 11 is 0. The molecule has 0 saturated carbocycles. The highest BCUT2D eigenvalue weighted by atomic mass is 16.5. The molecule has 0 aliphatic carbocycles. The molecule has 5 N–H and O–H groups in total. The van der Waals surface area contributed by atoms with Crippen LogP contribution in [-0.4, -0.2) is 64.6 Å². The van der Waals surface area contributed by atoms with Crippen molar-refractivity contribution in [1.29, 1.82) is 0 Å². The van der Waals surface area contributed by atoms with Crippen molar-refractivity contribution < 1.29 is 23.9 Å². The van der Waals surface area contributed by atoms with Crippen LogP contribution >= 0.6 is 0 Å². The van der Waals surface area contributed by atoms with Gasteiger partial charge in [0.25, 0.3) is 5.91 Å². The number of rotatable bonds is 9. The minimum atomic E-state index is -0.870. The molecule has 1 aromatic carbocycles. The van der Waals surface area contributed by atoms with E-state index in [1.54, 1.807) is 12.3 Å². The van der Waals surface area contributed by atoms with Gasteiger partial charge >= 0.3 is 11.9 Å². The van der Waals surface area contributed by atoms with Crippen molar-refractivity contribution in [3.63, 3.8) is 0 Å². The standard InChI is InChI=1S/C24H28N8O5/c1-36-18(33)5-3-4-16(23(35)37-2)29-22(34)14-6-7-17-13(10-14)8-9-32(17)12-15-11-27-21-19(28-15)20(25)30-24(26)31-21/h6-7,10-11,16H,3-5,8-9,12H2,1-2H3,(H,29,34)(H4,25,26,27,30,31)/t16-/m0/s1. The predicted octanol–water partition coefficient (Wildman–Crippen LogP) is 0.762. The molecule has 2 aromatic heterocycles.